The molecule has 2 N–H and O–H groups in total. The molecule has 0 radical (unpaired) electrons. The van der Waals surface area contributed by atoms with Crippen molar-refractivity contribution in [2.45, 2.75) is 36.3 Å². The topological polar surface area (TPSA) is 127 Å². The Bertz CT molecular complexity index is 1150. The third-order valence-corrected chi connectivity index (χ3v) is 6.63. The molecule has 0 saturated heterocycles. The van der Waals surface area contributed by atoms with Gasteiger partial charge in [0.15, 0.2) is 5.65 Å². The molecule has 146 valence electrons. The molecule has 0 bridgehead atoms. The van der Waals surface area contributed by atoms with Crippen molar-refractivity contribution in [2.24, 2.45) is 0 Å². The average Bonchev–Trinajstić information content (AvgIpc) is 3.29. The first-order valence-electron chi connectivity index (χ1n) is 8.77. The van der Waals surface area contributed by atoms with E-state index >= 15 is 0 Å². The third kappa shape index (κ3) is 3.00. The van der Waals surface area contributed by atoms with Crippen LogP contribution in [0.3, 0.4) is 0 Å². The van der Waals surface area contributed by atoms with Crippen molar-refractivity contribution >= 4 is 32.4 Å². The van der Waals surface area contributed by atoms with Crippen LogP contribution in [0.2, 0.25) is 0 Å². The van der Waals surface area contributed by atoms with E-state index in [-0.39, 0.29) is 27.3 Å². The van der Waals surface area contributed by atoms with Gasteiger partial charge in [-0.1, -0.05) is 18.2 Å². The van der Waals surface area contributed by atoms with E-state index in [1.807, 2.05) is 0 Å². The quantitative estimate of drug-likeness (QED) is 0.381. The van der Waals surface area contributed by atoms with Gasteiger partial charge >= 0.3 is 5.69 Å². The Balaban J connectivity index is 1.89. The number of anilines is 1. The highest BCUT2D eigenvalue weighted by Gasteiger charge is 2.34. The molecule has 4 rings (SSSR count). The summed E-state index contributed by atoms with van der Waals surface area (Å²) in [6.07, 6.45) is 4.84. The van der Waals surface area contributed by atoms with Gasteiger partial charge in [0.1, 0.15) is 17.6 Å². The molecule has 10 heteroatoms. The van der Waals surface area contributed by atoms with Crippen molar-refractivity contribution in [3.63, 3.8) is 0 Å². The number of hydrogen-bond acceptors (Lipinski definition) is 7. The maximum atomic E-state index is 13.0. The minimum atomic E-state index is -3.92. The second-order valence-corrected chi connectivity index (χ2v) is 8.62. The van der Waals surface area contributed by atoms with E-state index in [1.165, 1.54) is 24.4 Å². The lowest BCUT2D eigenvalue weighted by atomic mass is 10.1. The Hall–Kier alpha value is -2.98. The Morgan fingerprint density at radius 2 is 1.86 bits per heavy atom. The maximum Gasteiger partial charge on any atom is 0.311 e. The van der Waals surface area contributed by atoms with Crippen molar-refractivity contribution in [3.8, 4) is 0 Å². The predicted octanol–water partition coefficient (Wildman–Crippen LogP) is 2.86. The zero-order valence-corrected chi connectivity index (χ0v) is 15.6. The second kappa shape index (κ2) is 6.57. The first-order chi connectivity index (χ1) is 13.3. The lowest BCUT2D eigenvalue weighted by molar-refractivity contribution is -0.384. The van der Waals surface area contributed by atoms with Crippen molar-refractivity contribution in [2.75, 3.05) is 5.32 Å². The summed E-state index contributed by atoms with van der Waals surface area (Å²) >= 11 is 0. The van der Waals surface area contributed by atoms with Gasteiger partial charge in [0.25, 0.3) is 10.0 Å². The molecule has 2 heterocycles. The third-order valence-electron chi connectivity index (χ3n) is 4.95. The van der Waals surface area contributed by atoms with Crippen LogP contribution in [-0.4, -0.2) is 33.1 Å². The number of rotatable bonds is 5. The van der Waals surface area contributed by atoms with Gasteiger partial charge in [0.2, 0.25) is 0 Å². The number of fused-ring (bicyclic) bond motifs is 1. The fourth-order valence-electron chi connectivity index (χ4n) is 3.54. The smallest absolute Gasteiger partial charge is 0.311 e. The largest absolute Gasteiger partial charge is 0.371 e. The average molecular weight is 402 g/mol. The molecule has 2 aromatic heterocycles. The van der Waals surface area contributed by atoms with Gasteiger partial charge in [-0.05, 0) is 43.9 Å². The highest BCUT2D eigenvalue weighted by Crippen LogP contribution is 2.38. The first kappa shape index (κ1) is 18.4. The summed E-state index contributed by atoms with van der Waals surface area (Å²) in [5.41, 5.74) is -1.46. The lowest BCUT2D eigenvalue weighted by Gasteiger charge is -2.25. The number of nitrogens with one attached hydrogen (secondary N) is 1. The number of aliphatic hydroxyl groups is 1. The number of pyridine rings is 1. The van der Waals surface area contributed by atoms with Crippen LogP contribution < -0.4 is 5.32 Å². The van der Waals surface area contributed by atoms with Crippen molar-refractivity contribution in [3.05, 3.63) is 58.9 Å². The highest BCUT2D eigenvalue weighted by molar-refractivity contribution is 7.90. The van der Waals surface area contributed by atoms with E-state index in [9.17, 15) is 23.6 Å². The van der Waals surface area contributed by atoms with Crippen LogP contribution in [0.5, 0.6) is 0 Å². The molecule has 0 aliphatic heterocycles. The fourth-order valence-corrected chi connectivity index (χ4v) is 4.86. The molecule has 1 aromatic carbocycles. The Labute approximate surface area is 160 Å². The van der Waals surface area contributed by atoms with Gasteiger partial charge in [-0.3, -0.25) is 10.1 Å². The molecule has 0 amide bonds. The van der Waals surface area contributed by atoms with Gasteiger partial charge in [-0.2, -0.15) is 0 Å². The molecular formula is C18H18N4O5S. The van der Waals surface area contributed by atoms with Crippen LogP contribution in [0.25, 0.3) is 11.0 Å². The number of nitrogens with zero attached hydrogens (tertiary/aromatic N) is 3. The standard InChI is InChI=1S/C18H18N4O5S/c23-18(9-4-5-10-18)20-16-14-8-11-21(17(14)19-12-15(16)22(24)25)28(26,27)13-6-2-1-3-7-13/h1-3,6-8,11-12,23H,4-5,9-10H2,(H,19,20). The van der Waals surface area contributed by atoms with Crippen LogP contribution in [0.15, 0.2) is 53.7 Å². The normalized spacial score (nSPS) is 16.3. The van der Waals surface area contributed by atoms with Crippen LogP contribution in [-0.2, 0) is 10.0 Å². The Morgan fingerprint density at radius 1 is 1.18 bits per heavy atom. The molecule has 1 saturated carbocycles. The van der Waals surface area contributed by atoms with Gasteiger partial charge in [-0.15, -0.1) is 0 Å². The van der Waals surface area contributed by atoms with Gasteiger partial charge < -0.3 is 10.4 Å². The molecule has 0 atom stereocenters. The van der Waals surface area contributed by atoms with Crippen LogP contribution in [0.4, 0.5) is 11.4 Å². The maximum absolute atomic E-state index is 13.0. The molecular weight excluding hydrogens is 384 g/mol. The molecule has 1 aliphatic rings. The van der Waals surface area contributed by atoms with E-state index in [0.717, 1.165) is 23.0 Å². The first-order valence-corrected chi connectivity index (χ1v) is 10.2. The van der Waals surface area contributed by atoms with E-state index in [0.29, 0.717) is 12.8 Å². The zero-order valence-electron chi connectivity index (χ0n) is 14.8. The van der Waals surface area contributed by atoms with Gasteiger partial charge in [-0.25, -0.2) is 17.4 Å². The lowest BCUT2D eigenvalue weighted by Crippen LogP contribution is -2.34. The highest BCUT2D eigenvalue weighted by atomic mass is 32.2. The van der Waals surface area contributed by atoms with Crippen LogP contribution in [0, 0.1) is 10.1 Å². The Morgan fingerprint density at radius 3 is 2.50 bits per heavy atom. The monoisotopic (exact) mass is 402 g/mol. The summed E-state index contributed by atoms with van der Waals surface area (Å²) in [5.74, 6) is 0. The van der Waals surface area contributed by atoms with Crippen molar-refractivity contribution in [1.82, 2.24) is 8.96 Å². The minimum absolute atomic E-state index is 0.0542. The summed E-state index contributed by atoms with van der Waals surface area (Å²) in [6.45, 7) is 0. The summed E-state index contributed by atoms with van der Waals surface area (Å²) in [5, 5.41) is 25.3. The summed E-state index contributed by atoms with van der Waals surface area (Å²) in [7, 11) is -3.92. The van der Waals surface area contributed by atoms with E-state index in [4.69, 9.17) is 0 Å². The fraction of sp³-hybridized carbons (Fsp3) is 0.278. The number of aromatic nitrogens is 2. The SMILES string of the molecule is O=[N+]([O-])c1cnc2c(ccn2S(=O)(=O)c2ccccc2)c1NC1(O)CCCC1. The summed E-state index contributed by atoms with van der Waals surface area (Å²) < 4.78 is 26.9. The molecule has 0 unspecified atom stereocenters. The second-order valence-electron chi connectivity index (χ2n) is 6.81. The van der Waals surface area contributed by atoms with E-state index in [1.54, 1.807) is 18.2 Å². The number of benzene rings is 1. The molecule has 1 fully saturated rings. The van der Waals surface area contributed by atoms with Gasteiger partial charge in [0, 0.05) is 6.20 Å². The predicted molar refractivity (Wildman–Crippen MR) is 102 cm³/mol. The molecule has 3 aromatic rings. The molecule has 0 spiro atoms. The molecule has 28 heavy (non-hydrogen) atoms. The molecule has 9 nitrogen and oxygen atoms in total. The summed E-state index contributed by atoms with van der Waals surface area (Å²) in [6, 6.07) is 9.31. The zero-order chi connectivity index (χ0) is 19.9. The van der Waals surface area contributed by atoms with E-state index < -0.39 is 20.7 Å². The molecule has 1 aliphatic carbocycles. The van der Waals surface area contributed by atoms with Crippen molar-refractivity contribution < 1.29 is 18.4 Å². The number of nitro groups is 1. The minimum Gasteiger partial charge on any atom is -0.371 e. The van der Waals surface area contributed by atoms with Crippen LogP contribution in [0.1, 0.15) is 25.7 Å². The van der Waals surface area contributed by atoms with Crippen molar-refractivity contribution in [1.29, 1.82) is 0 Å². The summed E-state index contributed by atoms with van der Waals surface area (Å²) in [4.78, 5) is 15.0. The van der Waals surface area contributed by atoms with Gasteiger partial charge in [0.05, 0.1) is 15.2 Å². The van der Waals surface area contributed by atoms with Crippen LogP contribution >= 0.6 is 0 Å². The Kier molecular flexibility index (Phi) is 4.31. The van der Waals surface area contributed by atoms with E-state index in [2.05, 4.69) is 10.3 Å². The number of hydrogen-bond donors (Lipinski definition) is 2.